The summed E-state index contributed by atoms with van der Waals surface area (Å²) in [7, 11) is 0. The Morgan fingerprint density at radius 1 is 1.29 bits per heavy atom. The zero-order valence-corrected chi connectivity index (χ0v) is 9.75. The lowest BCUT2D eigenvalue weighted by Crippen LogP contribution is -2.11. The van der Waals surface area contributed by atoms with Gasteiger partial charge in [-0.05, 0) is 24.7 Å². The molecular weight excluding hydrogens is 176 g/mol. The van der Waals surface area contributed by atoms with Gasteiger partial charge in [0.15, 0.2) is 0 Å². The number of hydrogen-bond donors (Lipinski definition) is 1. The van der Waals surface area contributed by atoms with Crippen LogP contribution < -0.4 is 0 Å². The Labute approximate surface area is 87.7 Å². The maximum Gasteiger partial charge on any atom is 0.303 e. The molecule has 0 fully saturated rings. The minimum Gasteiger partial charge on any atom is -0.481 e. The summed E-state index contributed by atoms with van der Waals surface area (Å²) in [6, 6.07) is 0. The van der Waals surface area contributed by atoms with Crippen molar-refractivity contribution in [1.82, 2.24) is 0 Å². The summed E-state index contributed by atoms with van der Waals surface area (Å²) in [6.45, 7) is 6.70. The van der Waals surface area contributed by atoms with E-state index in [1.54, 1.807) is 0 Å². The highest BCUT2D eigenvalue weighted by Crippen LogP contribution is 2.25. The van der Waals surface area contributed by atoms with Crippen LogP contribution in [0.25, 0.3) is 0 Å². The minimum atomic E-state index is -0.666. The summed E-state index contributed by atoms with van der Waals surface area (Å²) >= 11 is 0. The lowest BCUT2D eigenvalue weighted by atomic mass is 9.84. The van der Waals surface area contributed by atoms with E-state index in [1.165, 1.54) is 19.3 Å². The first-order valence-corrected chi connectivity index (χ1v) is 5.83. The molecule has 0 bridgehead atoms. The lowest BCUT2D eigenvalue weighted by Gasteiger charge is -2.21. The van der Waals surface area contributed by atoms with E-state index in [0.29, 0.717) is 12.3 Å². The highest BCUT2D eigenvalue weighted by molar-refractivity contribution is 5.66. The Bertz CT molecular complexity index is 154. The van der Waals surface area contributed by atoms with Gasteiger partial charge >= 0.3 is 5.97 Å². The number of aliphatic carboxylic acids is 1. The molecule has 2 unspecified atom stereocenters. The average molecular weight is 200 g/mol. The lowest BCUT2D eigenvalue weighted by molar-refractivity contribution is -0.137. The zero-order valence-electron chi connectivity index (χ0n) is 9.75. The molecule has 0 spiro atoms. The highest BCUT2D eigenvalue weighted by Gasteiger charge is 2.14. The predicted octanol–water partition coefficient (Wildman–Crippen LogP) is 3.70. The summed E-state index contributed by atoms with van der Waals surface area (Å²) in [4.78, 5) is 10.3. The number of carboxylic acid groups (broad SMARTS) is 1. The molecule has 2 atom stereocenters. The van der Waals surface area contributed by atoms with Crippen LogP contribution in [-0.4, -0.2) is 11.1 Å². The molecule has 2 nitrogen and oxygen atoms in total. The topological polar surface area (TPSA) is 37.3 Å². The van der Waals surface area contributed by atoms with Gasteiger partial charge in [-0.3, -0.25) is 4.79 Å². The number of carboxylic acids is 1. The van der Waals surface area contributed by atoms with Crippen LogP contribution >= 0.6 is 0 Å². The van der Waals surface area contributed by atoms with E-state index in [-0.39, 0.29) is 0 Å². The van der Waals surface area contributed by atoms with Crippen LogP contribution in [0, 0.1) is 11.8 Å². The summed E-state index contributed by atoms with van der Waals surface area (Å²) in [5.74, 6) is 0.800. The fraction of sp³-hybridized carbons (Fsp3) is 0.917. The van der Waals surface area contributed by atoms with Gasteiger partial charge in [0, 0.05) is 6.42 Å². The first-order chi connectivity index (χ1) is 6.61. The van der Waals surface area contributed by atoms with E-state index < -0.39 is 5.97 Å². The van der Waals surface area contributed by atoms with Gasteiger partial charge in [-0.2, -0.15) is 0 Å². The molecule has 0 aliphatic carbocycles. The van der Waals surface area contributed by atoms with Gasteiger partial charge in [-0.25, -0.2) is 0 Å². The molecule has 0 aromatic rings. The maximum absolute atomic E-state index is 10.3. The average Bonchev–Trinajstić information content (AvgIpc) is 2.13. The molecule has 14 heavy (non-hydrogen) atoms. The Morgan fingerprint density at radius 3 is 2.36 bits per heavy atom. The SMILES string of the molecule is CCCC(CC)C(C)CCCC(=O)O. The Hall–Kier alpha value is -0.530. The summed E-state index contributed by atoms with van der Waals surface area (Å²) in [5.41, 5.74) is 0. The molecule has 0 saturated heterocycles. The van der Waals surface area contributed by atoms with E-state index in [4.69, 9.17) is 5.11 Å². The molecule has 0 heterocycles. The van der Waals surface area contributed by atoms with E-state index in [1.807, 2.05) is 0 Å². The third-order valence-corrected chi connectivity index (χ3v) is 3.04. The Balaban J connectivity index is 3.68. The van der Waals surface area contributed by atoms with Crippen LogP contribution in [0.4, 0.5) is 0 Å². The second-order valence-corrected chi connectivity index (χ2v) is 4.22. The number of carbonyl (C=O) groups is 1. The highest BCUT2D eigenvalue weighted by atomic mass is 16.4. The second kappa shape index (κ2) is 7.84. The van der Waals surface area contributed by atoms with Crippen molar-refractivity contribution in [3.05, 3.63) is 0 Å². The van der Waals surface area contributed by atoms with Crippen molar-refractivity contribution in [2.75, 3.05) is 0 Å². The van der Waals surface area contributed by atoms with Crippen molar-refractivity contribution in [2.24, 2.45) is 11.8 Å². The van der Waals surface area contributed by atoms with Gasteiger partial charge in [0.25, 0.3) is 0 Å². The summed E-state index contributed by atoms with van der Waals surface area (Å²) in [5, 5.41) is 8.53. The first kappa shape index (κ1) is 13.5. The van der Waals surface area contributed by atoms with Gasteiger partial charge < -0.3 is 5.11 Å². The van der Waals surface area contributed by atoms with Crippen molar-refractivity contribution in [3.8, 4) is 0 Å². The Kier molecular flexibility index (Phi) is 7.54. The van der Waals surface area contributed by atoms with Crippen molar-refractivity contribution in [3.63, 3.8) is 0 Å². The molecule has 0 aromatic carbocycles. The first-order valence-electron chi connectivity index (χ1n) is 5.83. The Morgan fingerprint density at radius 2 is 1.93 bits per heavy atom. The molecule has 0 amide bonds. The van der Waals surface area contributed by atoms with Gasteiger partial charge in [0.05, 0.1) is 0 Å². The molecule has 0 aromatic heterocycles. The molecule has 0 aliphatic heterocycles. The molecule has 84 valence electrons. The molecule has 1 N–H and O–H groups in total. The molecule has 0 rings (SSSR count). The number of hydrogen-bond acceptors (Lipinski definition) is 1. The van der Waals surface area contributed by atoms with E-state index in [2.05, 4.69) is 20.8 Å². The summed E-state index contributed by atoms with van der Waals surface area (Å²) in [6.07, 6.45) is 5.96. The molecular formula is C12H24O2. The molecule has 0 aliphatic rings. The third kappa shape index (κ3) is 6.01. The van der Waals surface area contributed by atoms with Crippen LogP contribution in [0.15, 0.2) is 0 Å². The van der Waals surface area contributed by atoms with E-state index in [9.17, 15) is 4.79 Å². The van der Waals surface area contributed by atoms with Crippen LogP contribution in [0.2, 0.25) is 0 Å². The standard InChI is InChI=1S/C12H24O2/c1-4-7-11(5-2)10(3)8-6-9-12(13)14/h10-11H,4-9H2,1-3H3,(H,13,14). The molecule has 2 heteroatoms. The third-order valence-electron chi connectivity index (χ3n) is 3.04. The van der Waals surface area contributed by atoms with Gasteiger partial charge in [0.2, 0.25) is 0 Å². The van der Waals surface area contributed by atoms with Crippen molar-refractivity contribution < 1.29 is 9.90 Å². The van der Waals surface area contributed by atoms with Crippen molar-refractivity contribution in [1.29, 1.82) is 0 Å². The smallest absolute Gasteiger partial charge is 0.303 e. The van der Waals surface area contributed by atoms with Crippen LogP contribution in [0.5, 0.6) is 0 Å². The van der Waals surface area contributed by atoms with Crippen molar-refractivity contribution >= 4 is 5.97 Å². The van der Waals surface area contributed by atoms with E-state index in [0.717, 1.165) is 18.8 Å². The van der Waals surface area contributed by atoms with Crippen molar-refractivity contribution in [2.45, 2.75) is 59.3 Å². The molecule has 0 radical (unpaired) electrons. The predicted molar refractivity (Wildman–Crippen MR) is 59.3 cm³/mol. The maximum atomic E-state index is 10.3. The van der Waals surface area contributed by atoms with Gasteiger partial charge in [0.1, 0.15) is 0 Å². The fourth-order valence-corrected chi connectivity index (χ4v) is 2.07. The van der Waals surface area contributed by atoms with Gasteiger partial charge in [-0.15, -0.1) is 0 Å². The van der Waals surface area contributed by atoms with Crippen LogP contribution in [0.3, 0.4) is 0 Å². The minimum absolute atomic E-state index is 0.326. The second-order valence-electron chi connectivity index (χ2n) is 4.22. The van der Waals surface area contributed by atoms with Crippen LogP contribution in [-0.2, 0) is 4.79 Å². The van der Waals surface area contributed by atoms with Gasteiger partial charge in [-0.1, -0.05) is 40.0 Å². The summed E-state index contributed by atoms with van der Waals surface area (Å²) < 4.78 is 0. The monoisotopic (exact) mass is 200 g/mol. The largest absolute Gasteiger partial charge is 0.481 e. The number of rotatable bonds is 8. The zero-order chi connectivity index (χ0) is 11.0. The fourth-order valence-electron chi connectivity index (χ4n) is 2.07. The van der Waals surface area contributed by atoms with Crippen LogP contribution in [0.1, 0.15) is 59.3 Å². The normalized spacial score (nSPS) is 15.1. The molecule has 0 saturated carbocycles. The quantitative estimate of drug-likeness (QED) is 0.648. The van der Waals surface area contributed by atoms with E-state index >= 15 is 0 Å².